The standard InChI is InChI=1S/C19H19NO4/c1-24-19(23)17-10-15-4-2-3-5-16(15)12-20(17)11-13-6-8-14(9-7-13)18(21)22/h2-9,17H,10-12H2,1H3,(H,21,22). The number of benzene rings is 2. The normalized spacial score (nSPS) is 17.1. The summed E-state index contributed by atoms with van der Waals surface area (Å²) in [6.07, 6.45) is 0.621. The first-order valence-electron chi connectivity index (χ1n) is 7.79. The van der Waals surface area contributed by atoms with Gasteiger partial charge in [-0.05, 0) is 35.2 Å². The van der Waals surface area contributed by atoms with Gasteiger partial charge in [-0.3, -0.25) is 9.69 Å². The zero-order valence-electron chi connectivity index (χ0n) is 13.4. The fraction of sp³-hybridized carbons (Fsp3) is 0.263. The molecule has 0 saturated carbocycles. The van der Waals surface area contributed by atoms with Gasteiger partial charge in [0.25, 0.3) is 0 Å². The third-order valence-electron chi connectivity index (χ3n) is 4.41. The second kappa shape index (κ2) is 6.84. The molecule has 0 radical (unpaired) electrons. The molecule has 1 heterocycles. The Morgan fingerprint density at radius 3 is 2.42 bits per heavy atom. The Hall–Kier alpha value is -2.66. The number of rotatable bonds is 4. The Labute approximate surface area is 140 Å². The molecule has 24 heavy (non-hydrogen) atoms. The second-order valence-corrected chi connectivity index (χ2v) is 5.92. The number of aromatic carboxylic acids is 1. The number of fused-ring (bicyclic) bond motifs is 1. The van der Waals surface area contributed by atoms with Gasteiger partial charge in [-0.15, -0.1) is 0 Å². The van der Waals surface area contributed by atoms with E-state index in [2.05, 4.69) is 11.0 Å². The van der Waals surface area contributed by atoms with Gasteiger partial charge in [-0.25, -0.2) is 4.79 Å². The Kier molecular flexibility index (Phi) is 4.62. The van der Waals surface area contributed by atoms with E-state index in [1.807, 2.05) is 18.2 Å². The zero-order chi connectivity index (χ0) is 17.1. The SMILES string of the molecule is COC(=O)C1Cc2ccccc2CN1Cc1ccc(C(=O)O)cc1. The van der Waals surface area contributed by atoms with Crippen molar-refractivity contribution in [2.75, 3.05) is 7.11 Å². The molecular formula is C19H19NO4. The topological polar surface area (TPSA) is 66.8 Å². The summed E-state index contributed by atoms with van der Waals surface area (Å²) in [4.78, 5) is 25.2. The van der Waals surface area contributed by atoms with E-state index in [0.717, 1.165) is 5.56 Å². The van der Waals surface area contributed by atoms with Crippen LogP contribution in [-0.4, -0.2) is 35.1 Å². The summed E-state index contributed by atoms with van der Waals surface area (Å²) >= 11 is 0. The number of nitrogens with zero attached hydrogens (tertiary/aromatic N) is 1. The van der Waals surface area contributed by atoms with Crippen LogP contribution in [0.3, 0.4) is 0 Å². The van der Waals surface area contributed by atoms with Crippen molar-refractivity contribution in [3.8, 4) is 0 Å². The van der Waals surface area contributed by atoms with E-state index in [1.54, 1.807) is 24.3 Å². The molecule has 124 valence electrons. The number of carbonyl (C=O) groups excluding carboxylic acids is 1. The van der Waals surface area contributed by atoms with Crippen LogP contribution in [0.2, 0.25) is 0 Å². The van der Waals surface area contributed by atoms with Crippen LogP contribution >= 0.6 is 0 Å². The van der Waals surface area contributed by atoms with E-state index in [-0.39, 0.29) is 17.6 Å². The Morgan fingerprint density at radius 1 is 1.12 bits per heavy atom. The number of ether oxygens (including phenoxy) is 1. The maximum atomic E-state index is 12.2. The van der Waals surface area contributed by atoms with E-state index in [9.17, 15) is 9.59 Å². The van der Waals surface area contributed by atoms with Crippen LogP contribution in [-0.2, 0) is 29.0 Å². The fourth-order valence-corrected chi connectivity index (χ4v) is 3.10. The van der Waals surface area contributed by atoms with Crippen molar-refractivity contribution in [1.29, 1.82) is 0 Å². The minimum Gasteiger partial charge on any atom is -0.478 e. The van der Waals surface area contributed by atoms with E-state index in [1.165, 1.54) is 18.2 Å². The molecule has 2 aromatic rings. The summed E-state index contributed by atoms with van der Waals surface area (Å²) in [5.74, 6) is -1.19. The van der Waals surface area contributed by atoms with Crippen molar-refractivity contribution in [2.24, 2.45) is 0 Å². The van der Waals surface area contributed by atoms with Gasteiger partial charge < -0.3 is 9.84 Å². The largest absolute Gasteiger partial charge is 0.478 e. The molecular weight excluding hydrogens is 306 g/mol. The maximum Gasteiger partial charge on any atom is 0.335 e. The van der Waals surface area contributed by atoms with Crippen LogP contribution in [0.4, 0.5) is 0 Å². The lowest BCUT2D eigenvalue weighted by Gasteiger charge is -2.35. The van der Waals surface area contributed by atoms with Gasteiger partial charge in [0.1, 0.15) is 6.04 Å². The molecule has 1 aliphatic heterocycles. The number of hydrogen-bond acceptors (Lipinski definition) is 4. The van der Waals surface area contributed by atoms with E-state index < -0.39 is 5.97 Å². The van der Waals surface area contributed by atoms with Gasteiger partial charge in [0.15, 0.2) is 0 Å². The molecule has 5 heteroatoms. The molecule has 0 amide bonds. The average Bonchev–Trinajstić information content (AvgIpc) is 2.61. The highest BCUT2D eigenvalue weighted by molar-refractivity contribution is 5.87. The molecule has 0 spiro atoms. The van der Waals surface area contributed by atoms with Gasteiger partial charge in [0, 0.05) is 13.1 Å². The van der Waals surface area contributed by atoms with E-state index >= 15 is 0 Å². The van der Waals surface area contributed by atoms with Crippen LogP contribution < -0.4 is 0 Å². The second-order valence-electron chi connectivity index (χ2n) is 5.92. The Bertz CT molecular complexity index is 754. The molecule has 2 aromatic carbocycles. The van der Waals surface area contributed by atoms with Gasteiger partial charge in [-0.2, -0.15) is 0 Å². The summed E-state index contributed by atoms with van der Waals surface area (Å²) in [5, 5.41) is 8.98. The van der Waals surface area contributed by atoms with Crippen molar-refractivity contribution in [1.82, 2.24) is 4.90 Å². The summed E-state index contributed by atoms with van der Waals surface area (Å²) in [6, 6.07) is 14.5. The smallest absolute Gasteiger partial charge is 0.335 e. The minimum absolute atomic E-state index is 0.244. The lowest BCUT2D eigenvalue weighted by molar-refractivity contribution is -0.148. The molecule has 0 bridgehead atoms. The highest BCUT2D eigenvalue weighted by Gasteiger charge is 2.32. The minimum atomic E-state index is -0.944. The predicted molar refractivity (Wildman–Crippen MR) is 88.6 cm³/mol. The monoisotopic (exact) mass is 325 g/mol. The average molecular weight is 325 g/mol. The van der Waals surface area contributed by atoms with Crippen LogP contribution in [0, 0.1) is 0 Å². The summed E-state index contributed by atoms with van der Waals surface area (Å²) in [7, 11) is 1.41. The van der Waals surface area contributed by atoms with E-state index in [0.29, 0.717) is 19.5 Å². The molecule has 0 aliphatic carbocycles. The van der Waals surface area contributed by atoms with Crippen LogP contribution in [0.15, 0.2) is 48.5 Å². The van der Waals surface area contributed by atoms with Gasteiger partial charge in [0.2, 0.25) is 0 Å². The lowest BCUT2D eigenvalue weighted by Crippen LogP contribution is -2.45. The van der Waals surface area contributed by atoms with Gasteiger partial charge in [-0.1, -0.05) is 36.4 Å². The molecule has 5 nitrogen and oxygen atoms in total. The molecule has 1 unspecified atom stereocenters. The van der Waals surface area contributed by atoms with Crippen LogP contribution in [0.1, 0.15) is 27.0 Å². The molecule has 1 aliphatic rings. The number of methoxy groups -OCH3 is 1. The Morgan fingerprint density at radius 2 is 1.79 bits per heavy atom. The van der Waals surface area contributed by atoms with Gasteiger partial charge >= 0.3 is 11.9 Å². The molecule has 0 fully saturated rings. The van der Waals surface area contributed by atoms with Crippen molar-refractivity contribution in [3.63, 3.8) is 0 Å². The summed E-state index contributed by atoms with van der Waals surface area (Å²) in [6.45, 7) is 1.23. The highest BCUT2D eigenvalue weighted by Crippen LogP contribution is 2.25. The maximum absolute atomic E-state index is 12.2. The first-order valence-corrected chi connectivity index (χ1v) is 7.79. The summed E-state index contributed by atoms with van der Waals surface area (Å²) in [5.41, 5.74) is 3.60. The molecule has 0 aromatic heterocycles. The first kappa shape index (κ1) is 16.2. The molecule has 1 N–H and O–H groups in total. The lowest BCUT2D eigenvalue weighted by atomic mass is 9.93. The third kappa shape index (κ3) is 3.31. The molecule has 3 rings (SSSR count). The third-order valence-corrected chi connectivity index (χ3v) is 4.41. The van der Waals surface area contributed by atoms with Crippen molar-refractivity contribution in [3.05, 3.63) is 70.8 Å². The highest BCUT2D eigenvalue weighted by atomic mass is 16.5. The molecule has 1 atom stereocenters. The van der Waals surface area contributed by atoms with Crippen molar-refractivity contribution in [2.45, 2.75) is 25.6 Å². The number of carbonyl (C=O) groups is 2. The predicted octanol–water partition coefficient (Wildman–Crippen LogP) is 2.48. The van der Waals surface area contributed by atoms with Crippen LogP contribution in [0.25, 0.3) is 0 Å². The quantitative estimate of drug-likeness (QED) is 0.875. The number of esters is 1. The number of hydrogen-bond donors (Lipinski definition) is 1. The Balaban J connectivity index is 1.83. The fourth-order valence-electron chi connectivity index (χ4n) is 3.10. The first-order chi connectivity index (χ1) is 11.6. The number of carboxylic acid groups (broad SMARTS) is 1. The number of carboxylic acids is 1. The van der Waals surface area contributed by atoms with Crippen molar-refractivity contribution < 1.29 is 19.4 Å². The van der Waals surface area contributed by atoms with Crippen molar-refractivity contribution >= 4 is 11.9 Å². The zero-order valence-corrected chi connectivity index (χ0v) is 13.4. The van der Waals surface area contributed by atoms with E-state index in [4.69, 9.17) is 9.84 Å². The summed E-state index contributed by atoms with van der Waals surface area (Å²) < 4.78 is 4.96. The molecule has 0 saturated heterocycles. The van der Waals surface area contributed by atoms with Crippen LogP contribution in [0.5, 0.6) is 0 Å². The van der Waals surface area contributed by atoms with Gasteiger partial charge in [0.05, 0.1) is 12.7 Å².